The predicted molar refractivity (Wildman–Crippen MR) is 125 cm³/mol. The molecule has 146 valence electrons. The number of halogens is 2. The molecule has 0 atom stereocenters. The zero-order valence-electron chi connectivity index (χ0n) is 16.0. The minimum Gasteiger partial charge on any atom is -0.454 e. The summed E-state index contributed by atoms with van der Waals surface area (Å²) in [5, 5.41) is 5.72. The van der Waals surface area contributed by atoms with Crippen LogP contribution in [-0.4, -0.2) is 4.98 Å². The fourth-order valence-corrected chi connectivity index (χ4v) is 4.09. The number of rotatable bonds is 4. The number of hydrogen-bond donors (Lipinski definition) is 0. The molecule has 0 radical (unpaired) electrons. The minimum absolute atomic E-state index is 0.333. The third-order valence-electron chi connectivity index (χ3n) is 5.21. The first-order valence-corrected chi connectivity index (χ1v) is 10.4. The van der Waals surface area contributed by atoms with Gasteiger partial charge in [-0.1, -0.05) is 77.8 Å². The summed E-state index contributed by atoms with van der Waals surface area (Å²) in [6.07, 6.45) is 2.30. The Kier molecular flexibility index (Phi) is 5.04. The van der Waals surface area contributed by atoms with Gasteiger partial charge in [0.15, 0.2) is 10.9 Å². The van der Waals surface area contributed by atoms with Gasteiger partial charge < -0.3 is 4.74 Å². The Balaban J connectivity index is 1.71. The maximum atomic E-state index is 6.44. The lowest BCUT2D eigenvalue weighted by Crippen LogP contribution is -1.96. The molecule has 4 aromatic carbocycles. The van der Waals surface area contributed by atoms with Crippen molar-refractivity contribution in [1.82, 2.24) is 4.98 Å². The number of ether oxygens (including phenoxy) is 1. The van der Waals surface area contributed by atoms with Crippen LogP contribution in [0, 0.1) is 0 Å². The van der Waals surface area contributed by atoms with Gasteiger partial charge in [0.1, 0.15) is 5.75 Å². The van der Waals surface area contributed by atoms with Gasteiger partial charge in [-0.3, -0.25) is 0 Å². The Bertz CT molecular complexity index is 1380. The van der Waals surface area contributed by atoms with Gasteiger partial charge in [-0.25, -0.2) is 4.98 Å². The molecule has 0 saturated carbocycles. The smallest absolute Gasteiger partial charge is 0.171 e. The molecule has 0 unspecified atom stereocenters. The molecule has 2 nitrogen and oxygen atoms in total. The van der Waals surface area contributed by atoms with Crippen molar-refractivity contribution >= 4 is 44.7 Å². The van der Waals surface area contributed by atoms with Crippen LogP contribution in [0.4, 0.5) is 0 Å². The Hall–Kier alpha value is -3.07. The van der Waals surface area contributed by atoms with Crippen LogP contribution in [0.15, 0.2) is 91.1 Å². The highest BCUT2D eigenvalue weighted by atomic mass is 35.5. The van der Waals surface area contributed by atoms with E-state index < -0.39 is 0 Å². The molecule has 0 N–H and O–H groups in total. The van der Waals surface area contributed by atoms with Crippen LogP contribution in [-0.2, 0) is 6.42 Å². The van der Waals surface area contributed by atoms with Crippen molar-refractivity contribution in [3.05, 3.63) is 112 Å². The van der Waals surface area contributed by atoms with Crippen molar-refractivity contribution in [2.45, 2.75) is 6.42 Å². The van der Waals surface area contributed by atoms with Crippen LogP contribution in [0.2, 0.25) is 10.2 Å². The van der Waals surface area contributed by atoms with E-state index in [0.29, 0.717) is 17.3 Å². The fraction of sp³-hybridized carbons (Fsp3) is 0.0385. The summed E-state index contributed by atoms with van der Waals surface area (Å²) in [6, 6.07) is 28.4. The highest BCUT2D eigenvalue weighted by Crippen LogP contribution is 2.37. The Labute approximate surface area is 184 Å². The number of fused-ring (bicyclic) bond motifs is 3. The van der Waals surface area contributed by atoms with Gasteiger partial charge in [0.25, 0.3) is 0 Å². The lowest BCUT2D eigenvalue weighted by atomic mass is 9.96. The molecule has 0 fully saturated rings. The second-order valence-electron chi connectivity index (χ2n) is 7.13. The summed E-state index contributed by atoms with van der Waals surface area (Å²) < 4.78 is 6.27. The van der Waals surface area contributed by atoms with Crippen molar-refractivity contribution in [1.29, 1.82) is 0 Å². The summed E-state index contributed by atoms with van der Waals surface area (Å²) in [6.45, 7) is 0. The zero-order valence-corrected chi connectivity index (χ0v) is 17.5. The molecule has 5 rings (SSSR count). The average molecular weight is 430 g/mol. The summed E-state index contributed by atoms with van der Waals surface area (Å²) >= 11 is 12.7. The van der Waals surface area contributed by atoms with Gasteiger partial charge in [-0.2, -0.15) is 0 Å². The second-order valence-corrected chi connectivity index (χ2v) is 7.90. The Morgan fingerprint density at radius 1 is 0.667 bits per heavy atom. The molecule has 5 aromatic rings. The largest absolute Gasteiger partial charge is 0.454 e. The highest BCUT2D eigenvalue weighted by molar-refractivity contribution is 6.31. The number of pyridine rings is 1. The fourth-order valence-electron chi connectivity index (χ4n) is 3.73. The molecule has 4 heteroatoms. The molecular weight excluding hydrogens is 413 g/mol. The zero-order chi connectivity index (χ0) is 20.5. The van der Waals surface area contributed by atoms with E-state index in [1.165, 1.54) is 10.8 Å². The van der Waals surface area contributed by atoms with Crippen molar-refractivity contribution in [2.24, 2.45) is 0 Å². The number of hydrogen-bond acceptors (Lipinski definition) is 2. The highest BCUT2D eigenvalue weighted by Gasteiger charge is 2.13. The van der Waals surface area contributed by atoms with E-state index in [2.05, 4.69) is 47.4 Å². The third-order valence-corrected chi connectivity index (χ3v) is 5.86. The summed E-state index contributed by atoms with van der Waals surface area (Å²) in [4.78, 5) is 4.13. The van der Waals surface area contributed by atoms with E-state index in [-0.39, 0.29) is 0 Å². The van der Waals surface area contributed by atoms with Crippen molar-refractivity contribution in [3.8, 4) is 11.5 Å². The number of aromatic nitrogens is 1. The predicted octanol–water partition coefficient (Wildman–Crippen LogP) is 8.08. The summed E-state index contributed by atoms with van der Waals surface area (Å²) in [7, 11) is 0. The molecule has 1 heterocycles. The van der Waals surface area contributed by atoms with Crippen LogP contribution in [0.25, 0.3) is 21.5 Å². The lowest BCUT2D eigenvalue weighted by Gasteiger charge is -2.15. The first kappa shape index (κ1) is 18.9. The molecule has 1 aromatic heterocycles. The van der Waals surface area contributed by atoms with Crippen molar-refractivity contribution in [2.75, 3.05) is 0 Å². The van der Waals surface area contributed by atoms with Gasteiger partial charge in [0.05, 0.1) is 0 Å². The SMILES string of the molecule is Clc1ccccc1Cc1cc2ccc3ccccc3c2cc1Oc1cccnc1Cl. The summed E-state index contributed by atoms with van der Waals surface area (Å²) in [5.74, 6) is 1.27. The normalized spacial score (nSPS) is 11.1. The molecule has 0 spiro atoms. The maximum Gasteiger partial charge on any atom is 0.171 e. The standard InChI is InChI=1S/C26H17Cl2NO/c27-23-9-4-2-7-19(23)15-20-14-18-12-11-17-6-1-3-8-21(17)22(18)16-25(20)30-24-10-5-13-29-26(24)28/h1-14,16H,15H2. The quantitative estimate of drug-likeness (QED) is 0.212. The van der Waals surface area contributed by atoms with E-state index in [1.54, 1.807) is 6.20 Å². The first-order chi connectivity index (χ1) is 14.7. The Morgan fingerprint density at radius 3 is 2.33 bits per heavy atom. The maximum absolute atomic E-state index is 6.44. The monoisotopic (exact) mass is 429 g/mol. The van der Waals surface area contributed by atoms with Gasteiger partial charge in [0, 0.05) is 17.6 Å². The van der Waals surface area contributed by atoms with Crippen LogP contribution in [0.1, 0.15) is 11.1 Å². The molecule has 0 aliphatic heterocycles. The van der Waals surface area contributed by atoms with E-state index >= 15 is 0 Å². The minimum atomic E-state index is 0.333. The second kappa shape index (κ2) is 7.98. The number of nitrogens with zero attached hydrogens (tertiary/aromatic N) is 1. The third kappa shape index (κ3) is 3.60. The molecule has 0 aliphatic carbocycles. The molecular formula is C26H17Cl2NO. The van der Waals surface area contributed by atoms with Crippen LogP contribution < -0.4 is 4.74 Å². The molecule has 0 bridgehead atoms. The van der Waals surface area contributed by atoms with Crippen LogP contribution in [0.3, 0.4) is 0 Å². The van der Waals surface area contributed by atoms with Crippen molar-refractivity contribution < 1.29 is 4.74 Å². The van der Waals surface area contributed by atoms with Gasteiger partial charge in [0.2, 0.25) is 0 Å². The molecule has 30 heavy (non-hydrogen) atoms. The van der Waals surface area contributed by atoms with E-state index in [9.17, 15) is 0 Å². The Morgan fingerprint density at radius 2 is 1.47 bits per heavy atom. The van der Waals surface area contributed by atoms with Crippen molar-refractivity contribution in [3.63, 3.8) is 0 Å². The topological polar surface area (TPSA) is 22.1 Å². The van der Waals surface area contributed by atoms with Gasteiger partial charge in [-0.15, -0.1) is 0 Å². The van der Waals surface area contributed by atoms with E-state index in [1.807, 2.05) is 42.5 Å². The number of benzene rings is 4. The van der Waals surface area contributed by atoms with Crippen LogP contribution in [0.5, 0.6) is 11.5 Å². The summed E-state index contributed by atoms with van der Waals surface area (Å²) in [5.41, 5.74) is 2.08. The first-order valence-electron chi connectivity index (χ1n) is 9.65. The van der Waals surface area contributed by atoms with E-state index in [0.717, 1.165) is 32.7 Å². The van der Waals surface area contributed by atoms with Crippen LogP contribution >= 0.6 is 23.2 Å². The van der Waals surface area contributed by atoms with Gasteiger partial charge in [-0.05, 0) is 63.0 Å². The van der Waals surface area contributed by atoms with Gasteiger partial charge >= 0.3 is 0 Å². The molecule has 0 amide bonds. The van der Waals surface area contributed by atoms with E-state index in [4.69, 9.17) is 27.9 Å². The molecule has 0 saturated heterocycles. The lowest BCUT2D eigenvalue weighted by molar-refractivity contribution is 0.476. The molecule has 0 aliphatic rings. The average Bonchev–Trinajstić information content (AvgIpc) is 2.77.